The topological polar surface area (TPSA) is 66.8 Å². The first-order valence-electron chi connectivity index (χ1n) is 10.2. The number of benzene rings is 2. The number of aryl methyl sites for hydroxylation is 2. The number of ether oxygens (including phenoxy) is 1. The number of amides is 1. The molecule has 0 radical (unpaired) electrons. The number of carbonyl (C=O) groups is 2. The van der Waals surface area contributed by atoms with Gasteiger partial charge in [-0.25, -0.2) is 0 Å². The number of carboxylic acid groups (broad SMARTS) is 1. The molecule has 5 heteroatoms. The van der Waals surface area contributed by atoms with Gasteiger partial charge in [0.05, 0.1) is 12.0 Å². The van der Waals surface area contributed by atoms with Crippen molar-refractivity contribution in [3.8, 4) is 5.75 Å². The number of likely N-dealkylation sites (tertiary alicyclic amines) is 1. The summed E-state index contributed by atoms with van der Waals surface area (Å²) in [5.41, 5.74) is 2.34. The molecule has 0 unspecified atom stereocenters. The number of hydrogen-bond acceptors (Lipinski definition) is 3. The number of carbonyl (C=O) groups excluding carboxylic acids is 1. The molecule has 2 aromatic rings. The molecule has 3 rings (SSSR count). The van der Waals surface area contributed by atoms with E-state index >= 15 is 0 Å². The number of aliphatic carboxylic acids is 1. The van der Waals surface area contributed by atoms with Gasteiger partial charge in [0.1, 0.15) is 5.75 Å². The highest BCUT2D eigenvalue weighted by molar-refractivity contribution is 5.82. The van der Waals surface area contributed by atoms with Crippen molar-refractivity contribution >= 4 is 11.9 Å². The number of nitrogens with zero attached hydrogens (tertiary/aromatic N) is 1. The van der Waals surface area contributed by atoms with Crippen LogP contribution in [0.4, 0.5) is 0 Å². The summed E-state index contributed by atoms with van der Waals surface area (Å²) >= 11 is 0. The van der Waals surface area contributed by atoms with Crippen LogP contribution in [0.3, 0.4) is 0 Å². The van der Waals surface area contributed by atoms with Crippen molar-refractivity contribution in [3.05, 3.63) is 65.2 Å². The molecule has 1 saturated heterocycles. The van der Waals surface area contributed by atoms with Crippen LogP contribution < -0.4 is 4.74 Å². The molecule has 1 fully saturated rings. The average molecular weight is 395 g/mol. The fourth-order valence-electron chi connectivity index (χ4n) is 3.90. The van der Waals surface area contributed by atoms with E-state index in [-0.39, 0.29) is 5.91 Å². The zero-order valence-corrected chi connectivity index (χ0v) is 17.2. The largest absolute Gasteiger partial charge is 0.494 e. The van der Waals surface area contributed by atoms with E-state index in [0.717, 1.165) is 11.3 Å². The lowest BCUT2D eigenvalue weighted by molar-refractivity contribution is -0.148. The number of piperidine rings is 1. The minimum Gasteiger partial charge on any atom is -0.494 e. The van der Waals surface area contributed by atoms with E-state index in [4.69, 9.17) is 4.74 Å². The van der Waals surface area contributed by atoms with Gasteiger partial charge in [-0.15, -0.1) is 0 Å². The van der Waals surface area contributed by atoms with Crippen molar-refractivity contribution in [2.75, 3.05) is 19.7 Å². The van der Waals surface area contributed by atoms with Crippen molar-refractivity contribution in [1.82, 2.24) is 4.90 Å². The van der Waals surface area contributed by atoms with Crippen molar-refractivity contribution in [1.29, 1.82) is 0 Å². The molecule has 0 atom stereocenters. The Kier molecular flexibility index (Phi) is 6.57. The van der Waals surface area contributed by atoms with E-state index in [1.165, 1.54) is 11.1 Å². The summed E-state index contributed by atoms with van der Waals surface area (Å²) in [6.07, 6.45) is 1.94. The predicted molar refractivity (Wildman–Crippen MR) is 112 cm³/mol. The molecule has 0 saturated carbocycles. The fraction of sp³-hybridized carbons (Fsp3) is 0.417. The van der Waals surface area contributed by atoms with Crippen molar-refractivity contribution in [2.45, 2.75) is 44.9 Å². The molecule has 1 heterocycles. The summed E-state index contributed by atoms with van der Waals surface area (Å²) in [5, 5.41) is 9.87. The summed E-state index contributed by atoms with van der Waals surface area (Å²) in [6.45, 7) is 5.54. The second-order valence-electron chi connectivity index (χ2n) is 7.83. The molecule has 0 aromatic heterocycles. The smallest absolute Gasteiger partial charge is 0.314 e. The van der Waals surface area contributed by atoms with Crippen molar-refractivity contribution in [2.24, 2.45) is 0 Å². The van der Waals surface area contributed by atoms with E-state index in [2.05, 4.69) is 13.8 Å². The Balaban J connectivity index is 1.48. The lowest BCUT2D eigenvalue weighted by Gasteiger charge is -2.39. The first kappa shape index (κ1) is 20.9. The highest BCUT2D eigenvalue weighted by Crippen LogP contribution is 2.36. The zero-order chi connectivity index (χ0) is 20.9. The Morgan fingerprint density at radius 2 is 1.72 bits per heavy atom. The molecular formula is C24H29NO4. The molecule has 0 aliphatic carbocycles. The van der Waals surface area contributed by atoms with Crippen LogP contribution in [0, 0.1) is 13.8 Å². The average Bonchev–Trinajstić information content (AvgIpc) is 2.74. The number of rotatable bonds is 7. The van der Waals surface area contributed by atoms with Crippen molar-refractivity contribution in [3.63, 3.8) is 0 Å². The van der Waals surface area contributed by atoms with Crippen LogP contribution in [-0.4, -0.2) is 41.6 Å². The van der Waals surface area contributed by atoms with Gasteiger partial charge >= 0.3 is 5.97 Å². The highest BCUT2D eigenvalue weighted by atomic mass is 16.5. The fourth-order valence-corrected chi connectivity index (χ4v) is 3.90. The van der Waals surface area contributed by atoms with Crippen LogP contribution >= 0.6 is 0 Å². The maximum Gasteiger partial charge on any atom is 0.314 e. The Hall–Kier alpha value is -2.82. The van der Waals surface area contributed by atoms with Crippen LogP contribution in [0.2, 0.25) is 0 Å². The van der Waals surface area contributed by atoms with Gasteiger partial charge in [0.2, 0.25) is 5.91 Å². The summed E-state index contributed by atoms with van der Waals surface area (Å²) < 4.78 is 5.75. The van der Waals surface area contributed by atoms with Crippen LogP contribution in [0.15, 0.2) is 48.5 Å². The second kappa shape index (κ2) is 9.12. The molecule has 154 valence electrons. The van der Waals surface area contributed by atoms with E-state index in [9.17, 15) is 14.7 Å². The molecule has 0 spiro atoms. The van der Waals surface area contributed by atoms with Gasteiger partial charge < -0.3 is 14.7 Å². The monoisotopic (exact) mass is 395 g/mol. The molecular weight excluding hydrogens is 366 g/mol. The molecule has 1 aliphatic heterocycles. The maximum atomic E-state index is 12.5. The van der Waals surface area contributed by atoms with E-state index < -0.39 is 11.4 Å². The van der Waals surface area contributed by atoms with E-state index in [0.29, 0.717) is 45.4 Å². The van der Waals surface area contributed by atoms with Gasteiger partial charge in [0.25, 0.3) is 0 Å². The zero-order valence-electron chi connectivity index (χ0n) is 17.2. The third kappa shape index (κ3) is 4.78. The van der Waals surface area contributed by atoms with E-state index in [1.54, 1.807) is 4.90 Å². The summed E-state index contributed by atoms with van der Waals surface area (Å²) in [5.74, 6) is 0.0888. The highest BCUT2D eigenvalue weighted by Gasteiger charge is 2.43. The van der Waals surface area contributed by atoms with Gasteiger partial charge in [-0.1, -0.05) is 36.4 Å². The predicted octanol–water partition coefficient (Wildman–Crippen LogP) is 4.11. The van der Waals surface area contributed by atoms with Gasteiger partial charge in [-0.2, -0.15) is 0 Å². The third-order valence-corrected chi connectivity index (χ3v) is 5.99. The molecule has 29 heavy (non-hydrogen) atoms. The summed E-state index contributed by atoms with van der Waals surface area (Å²) in [7, 11) is 0. The maximum absolute atomic E-state index is 12.5. The van der Waals surface area contributed by atoms with Crippen LogP contribution in [-0.2, 0) is 15.0 Å². The Morgan fingerprint density at radius 3 is 2.34 bits per heavy atom. The lowest BCUT2D eigenvalue weighted by Crippen LogP contribution is -2.49. The minimum atomic E-state index is -0.898. The third-order valence-electron chi connectivity index (χ3n) is 5.99. The van der Waals surface area contributed by atoms with Crippen LogP contribution in [0.5, 0.6) is 5.75 Å². The SMILES string of the molecule is Cc1ccc(OCCCC(=O)N2CCC(C(=O)O)(c3ccccc3)CC2)cc1C. The molecule has 1 amide bonds. The van der Waals surface area contributed by atoms with Crippen LogP contribution in [0.1, 0.15) is 42.4 Å². The molecule has 1 N–H and O–H groups in total. The number of hydrogen-bond donors (Lipinski definition) is 1. The summed E-state index contributed by atoms with van der Waals surface area (Å²) in [6, 6.07) is 15.4. The van der Waals surface area contributed by atoms with E-state index in [1.807, 2.05) is 48.5 Å². The van der Waals surface area contributed by atoms with Gasteiger partial charge in [-0.05, 0) is 61.9 Å². The quantitative estimate of drug-likeness (QED) is 0.717. The Morgan fingerprint density at radius 1 is 1.03 bits per heavy atom. The number of carboxylic acids is 1. The standard InChI is InChI=1S/C24H29NO4/c1-18-10-11-21(17-19(18)2)29-16-6-9-22(26)25-14-12-24(13-15-25,23(27)28)20-7-4-3-5-8-20/h3-5,7-8,10-11,17H,6,9,12-16H2,1-2H3,(H,27,28). The van der Waals surface area contributed by atoms with Gasteiger partial charge in [-0.3, -0.25) is 9.59 Å². The van der Waals surface area contributed by atoms with Gasteiger partial charge in [0, 0.05) is 19.5 Å². The van der Waals surface area contributed by atoms with Gasteiger partial charge in [0.15, 0.2) is 0 Å². The Labute approximate surface area is 172 Å². The first-order valence-corrected chi connectivity index (χ1v) is 10.2. The minimum absolute atomic E-state index is 0.0701. The molecule has 0 bridgehead atoms. The normalized spacial score (nSPS) is 15.7. The molecule has 1 aliphatic rings. The molecule has 5 nitrogen and oxygen atoms in total. The Bertz CT molecular complexity index is 854. The van der Waals surface area contributed by atoms with Crippen LogP contribution in [0.25, 0.3) is 0 Å². The first-order chi connectivity index (χ1) is 13.9. The molecule has 2 aromatic carbocycles. The summed E-state index contributed by atoms with van der Waals surface area (Å²) in [4.78, 5) is 26.4. The van der Waals surface area contributed by atoms with Crippen molar-refractivity contribution < 1.29 is 19.4 Å². The second-order valence-corrected chi connectivity index (χ2v) is 7.83. The lowest BCUT2D eigenvalue weighted by atomic mass is 9.73.